The molecule has 0 aliphatic heterocycles. The summed E-state index contributed by atoms with van der Waals surface area (Å²) in [6.45, 7) is 0.168. The van der Waals surface area contributed by atoms with E-state index in [0.717, 1.165) is 0 Å². The van der Waals surface area contributed by atoms with Crippen LogP contribution in [0.4, 0.5) is 0 Å². The van der Waals surface area contributed by atoms with E-state index >= 15 is 0 Å². The lowest BCUT2D eigenvalue weighted by molar-refractivity contribution is 0.293. The molecule has 0 bridgehead atoms. The van der Waals surface area contributed by atoms with Gasteiger partial charge in [-0.1, -0.05) is 47.8 Å². The van der Waals surface area contributed by atoms with Crippen molar-refractivity contribution in [3.63, 3.8) is 0 Å². The summed E-state index contributed by atoms with van der Waals surface area (Å²) in [5.41, 5.74) is 0. The van der Waals surface area contributed by atoms with Crippen molar-refractivity contribution in [3.05, 3.63) is 0 Å². The maximum absolute atomic E-state index is 8.31. The molecule has 44 valence electrons. The molecule has 1 N–H and O–H groups in total. The first-order valence-corrected chi connectivity index (χ1v) is 4.12. The van der Waals surface area contributed by atoms with E-state index in [1.54, 1.807) is 0 Å². The Morgan fingerprint density at radius 2 is 1.71 bits per heavy atom. The summed E-state index contributed by atoms with van der Waals surface area (Å²) in [5.74, 6) is 0. The number of hydrogen-bond donors (Lipinski definition) is 1. The highest BCUT2D eigenvalue weighted by molar-refractivity contribution is 9.39. The van der Waals surface area contributed by atoms with Crippen LogP contribution in [0.3, 0.4) is 0 Å². The third-order valence-corrected chi connectivity index (χ3v) is 1.58. The van der Waals surface area contributed by atoms with Crippen molar-refractivity contribution in [1.82, 2.24) is 0 Å². The van der Waals surface area contributed by atoms with E-state index in [9.17, 15) is 0 Å². The topological polar surface area (TPSA) is 20.2 Å². The Kier molecular flexibility index (Phi) is 4.12. The van der Waals surface area contributed by atoms with Gasteiger partial charge in [0.05, 0.1) is 0 Å². The smallest absolute Gasteiger partial charge is 0.137 e. The van der Waals surface area contributed by atoms with Gasteiger partial charge in [-0.25, -0.2) is 0 Å². The summed E-state index contributed by atoms with van der Waals surface area (Å²) in [6.07, 6.45) is 0.646. The molecule has 0 aromatic carbocycles. The molecule has 0 aromatic heterocycles. The maximum atomic E-state index is 8.31. The first-order chi connectivity index (χ1) is 3.06. The molecule has 0 unspecified atom stereocenters. The Bertz CT molecular complexity index is 48.6. The fourth-order valence-electron chi connectivity index (χ4n) is 0.127. The normalized spacial score (nSPS) is 12.0. The molecule has 0 saturated heterocycles. The van der Waals surface area contributed by atoms with Crippen LogP contribution in [0.5, 0.6) is 0 Å². The van der Waals surface area contributed by atoms with Gasteiger partial charge in [-0.05, 0) is 0 Å². The Hall–Kier alpha value is 1.40. The fraction of sp³-hybridized carbons (Fsp3) is 1.00. The van der Waals surface area contributed by atoms with Crippen molar-refractivity contribution in [1.29, 1.82) is 0 Å². The summed E-state index contributed by atoms with van der Waals surface area (Å²) in [5, 5.41) is 8.31. The lowest BCUT2D eigenvalue weighted by Crippen LogP contribution is -2.01. The van der Waals surface area contributed by atoms with Crippen molar-refractivity contribution < 1.29 is 5.11 Å². The Labute approximate surface area is 67.9 Å². The van der Waals surface area contributed by atoms with Crippen LogP contribution in [0.1, 0.15) is 6.42 Å². The summed E-state index contributed by atoms with van der Waals surface area (Å²) in [7, 11) is 0. The zero-order valence-electron chi connectivity index (χ0n) is 3.50. The molecule has 0 saturated carbocycles. The Morgan fingerprint density at radius 1 is 1.29 bits per heavy atom. The minimum absolute atomic E-state index is 0.168. The van der Waals surface area contributed by atoms with Crippen molar-refractivity contribution in [2.75, 3.05) is 6.61 Å². The van der Waals surface area contributed by atoms with Crippen LogP contribution in [0, 0.1) is 0 Å². The van der Waals surface area contributed by atoms with Gasteiger partial charge in [0.25, 0.3) is 0 Å². The van der Waals surface area contributed by atoms with Gasteiger partial charge in [-0.15, -0.1) is 0 Å². The molecule has 0 fully saturated rings. The minimum atomic E-state index is -0.262. The molecule has 0 spiro atoms. The van der Waals surface area contributed by atoms with E-state index < -0.39 is 0 Å². The van der Waals surface area contributed by atoms with Crippen molar-refractivity contribution in [2.45, 2.75) is 8.56 Å². The third-order valence-electron chi connectivity index (χ3n) is 0.395. The molecule has 4 heteroatoms. The second-order valence-corrected chi connectivity index (χ2v) is 8.34. The monoisotopic (exact) mass is 294 g/mol. The lowest BCUT2D eigenvalue weighted by atomic mass is 10.5. The van der Waals surface area contributed by atoms with Crippen molar-refractivity contribution in [2.24, 2.45) is 0 Å². The molecule has 0 rings (SSSR count). The van der Waals surface area contributed by atoms with E-state index in [1.165, 1.54) is 0 Å². The highest BCUT2D eigenvalue weighted by Crippen LogP contribution is 2.36. The molecule has 0 aliphatic carbocycles. The van der Waals surface area contributed by atoms with Gasteiger partial charge in [0.2, 0.25) is 0 Å². The summed E-state index contributed by atoms with van der Waals surface area (Å²) >= 11 is 9.64. The molecule has 0 radical (unpaired) electrons. The number of halogens is 3. The minimum Gasteiger partial charge on any atom is -0.396 e. The highest BCUT2D eigenvalue weighted by atomic mass is 80.0. The van der Waals surface area contributed by atoms with E-state index in [-0.39, 0.29) is 8.75 Å². The van der Waals surface area contributed by atoms with Crippen LogP contribution < -0.4 is 0 Å². The number of aliphatic hydroxyl groups excluding tert-OH is 1. The molecule has 0 aromatic rings. The standard InChI is InChI=1S/C3H5Br3O/c4-3(5,6)1-2-7/h7H,1-2H2. The lowest BCUT2D eigenvalue weighted by Gasteiger charge is -2.07. The second kappa shape index (κ2) is 3.43. The second-order valence-electron chi connectivity index (χ2n) is 1.09. The first kappa shape index (κ1) is 8.40. The number of hydrogen-bond acceptors (Lipinski definition) is 1. The SMILES string of the molecule is OCCC(Br)(Br)Br. The summed E-state index contributed by atoms with van der Waals surface area (Å²) in [6, 6.07) is 0. The van der Waals surface area contributed by atoms with Crippen LogP contribution in [0.25, 0.3) is 0 Å². The van der Waals surface area contributed by atoms with Crippen LogP contribution in [0.2, 0.25) is 0 Å². The first-order valence-electron chi connectivity index (χ1n) is 1.74. The number of aliphatic hydroxyl groups is 1. The predicted octanol–water partition coefficient (Wildman–Crippen LogP) is 2.21. The fourth-order valence-corrected chi connectivity index (χ4v) is 0.659. The van der Waals surface area contributed by atoms with Gasteiger partial charge >= 0.3 is 0 Å². The molecule has 7 heavy (non-hydrogen) atoms. The van der Waals surface area contributed by atoms with Crippen LogP contribution >= 0.6 is 47.8 Å². The molecule has 0 heterocycles. The average molecular weight is 297 g/mol. The van der Waals surface area contributed by atoms with Crippen LogP contribution in [-0.2, 0) is 0 Å². The summed E-state index contributed by atoms with van der Waals surface area (Å²) < 4.78 is -0.262. The van der Waals surface area contributed by atoms with Crippen molar-refractivity contribution in [3.8, 4) is 0 Å². The summed E-state index contributed by atoms with van der Waals surface area (Å²) in [4.78, 5) is 0. The molecular formula is C3H5Br3O. The van der Waals surface area contributed by atoms with E-state index in [2.05, 4.69) is 47.8 Å². The quantitative estimate of drug-likeness (QED) is 0.736. The highest BCUT2D eigenvalue weighted by Gasteiger charge is 2.15. The van der Waals surface area contributed by atoms with E-state index in [4.69, 9.17) is 5.11 Å². The van der Waals surface area contributed by atoms with Gasteiger partial charge in [0.15, 0.2) is 0 Å². The Balaban J connectivity index is 3.15. The molecule has 0 atom stereocenters. The van der Waals surface area contributed by atoms with E-state index in [0.29, 0.717) is 6.42 Å². The van der Waals surface area contributed by atoms with Gasteiger partial charge in [-0.3, -0.25) is 0 Å². The zero-order valence-corrected chi connectivity index (χ0v) is 8.25. The maximum Gasteiger partial charge on any atom is 0.137 e. The molecule has 0 amide bonds. The third kappa shape index (κ3) is 7.40. The molecule has 1 nitrogen and oxygen atoms in total. The molecular weight excluding hydrogens is 292 g/mol. The van der Waals surface area contributed by atoms with Gasteiger partial charge in [-0.2, -0.15) is 0 Å². The predicted molar refractivity (Wildman–Crippen MR) is 41.2 cm³/mol. The van der Waals surface area contributed by atoms with Crippen LogP contribution in [0.15, 0.2) is 0 Å². The zero-order chi connectivity index (χ0) is 5.91. The van der Waals surface area contributed by atoms with Crippen molar-refractivity contribution >= 4 is 47.8 Å². The van der Waals surface area contributed by atoms with Gasteiger partial charge in [0, 0.05) is 13.0 Å². The van der Waals surface area contributed by atoms with Crippen LogP contribution in [-0.4, -0.2) is 13.9 Å². The van der Waals surface area contributed by atoms with E-state index in [1.807, 2.05) is 0 Å². The largest absolute Gasteiger partial charge is 0.396 e. The van der Waals surface area contributed by atoms with Gasteiger partial charge < -0.3 is 5.11 Å². The van der Waals surface area contributed by atoms with Gasteiger partial charge in [0.1, 0.15) is 2.14 Å². The average Bonchev–Trinajstić information content (AvgIpc) is 1.30. The molecule has 0 aliphatic rings. The Morgan fingerprint density at radius 3 is 1.71 bits per heavy atom. The number of alkyl halides is 3. The number of rotatable bonds is 1.